The van der Waals surface area contributed by atoms with Crippen molar-refractivity contribution in [3.8, 4) is 0 Å². The van der Waals surface area contributed by atoms with Crippen molar-refractivity contribution in [1.29, 1.82) is 0 Å². The Balaban J connectivity index is 1.59. The Morgan fingerprint density at radius 3 is 1.96 bits per heavy atom. The fraction of sp³-hybridized carbons (Fsp3) is 0.864. The number of carboxylic acids is 1. The maximum absolute atomic E-state index is 13.3. The maximum Gasteiger partial charge on any atom is 0.309 e. The fourth-order valence-corrected chi connectivity index (χ4v) is 5.93. The van der Waals surface area contributed by atoms with Crippen LogP contribution >= 0.6 is 0 Å². The van der Waals surface area contributed by atoms with Crippen LogP contribution in [-0.2, 0) is 14.4 Å². The lowest BCUT2D eigenvalue weighted by molar-refractivity contribution is -0.149. The minimum absolute atomic E-state index is 0.0228. The topological polar surface area (TPSA) is 95.5 Å². The zero-order valence-corrected chi connectivity index (χ0v) is 17.7. The van der Waals surface area contributed by atoms with E-state index in [0.717, 1.165) is 19.3 Å². The van der Waals surface area contributed by atoms with Gasteiger partial charge in [0, 0.05) is 12.0 Å². The van der Waals surface area contributed by atoms with Crippen molar-refractivity contribution in [3.63, 3.8) is 0 Å². The Bertz CT molecular complexity index is 605. The van der Waals surface area contributed by atoms with E-state index in [4.69, 9.17) is 0 Å². The number of nitrogens with one attached hydrogen (secondary N) is 2. The molecule has 0 radical (unpaired) electrons. The minimum Gasteiger partial charge on any atom is -0.481 e. The summed E-state index contributed by atoms with van der Waals surface area (Å²) in [4.78, 5) is 37.2. The second kappa shape index (κ2) is 7.68. The van der Waals surface area contributed by atoms with E-state index in [9.17, 15) is 19.5 Å². The standard InChI is InChI=1S/C22H36N2O4/c1-13(2)17(18(25)23-6-5-21(3,4)20(27)28)24-19(26)22-10-14-7-15(11-22)9-16(8-14)12-22/h13-17H,5-12H2,1-4H3,(H,23,25)(H,24,26)(H,27,28). The number of amides is 2. The molecule has 0 aromatic rings. The lowest BCUT2D eigenvalue weighted by Gasteiger charge is -2.55. The number of hydrogen-bond donors (Lipinski definition) is 3. The van der Waals surface area contributed by atoms with Gasteiger partial charge in [0.2, 0.25) is 11.8 Å². The smallest absolute Gasteiger partial charge is 0.309 e. The summed E-state index contributed by atoms with van der Waals surface area (Å²) in [5.74, 6) is 0.993. The number of carbonyl (C=O) groups excluding carboxylic acids is 2. The Labute approximate surface area is 168 Å². The summed E-state index contributed by atoms with van der Waals surface area (Å²) in [6, 6.07) is -0.576. The van der Waals surface area contributed by atoms with Crippen molar-refractivity contribution in [2.45, 2.75) is 78.7 Å². The summed E-state index contributed by atoms with van der Waals surface area (Å²) >= 11 is 0. The van der Waals surface area contributed by atoms with Crippen molar-refractivity contribution >= 4 is 17.8 Å². The number of aliphatic carboxylic acids is 1. The molecule has 28 heavy (non-hydrogen) atoms. The van der Waals surface area contributed by atoms with Crippen LogP contribution in [0, 0.1) is 34.5 Å². The van der Waals surface area contributed by atoms with E-state index in [1.54, 1.807) is 13.8 Å². The molecule has 4 fully saturated rings. The van der Waals surface area contributed by atoms with Gasteiger partial charge in [-0.2, -0.15) is 0 Å². The van der Waals surface area contributed by atoms with E-state index in [1.807, 2.05) is 13.8 Å². The Kier molecular flexibility index (Phi) is 5.79. The molecule has 3 N–H and O–H groups in total. The van der Waals surface area contributed by atoms with Crippen LogP contribution in [0.25, 0.3) is 0 Å². The summed E-state index contributed by atoms with van der Waals surface area (Å²) in [5, 5.41) is 15.1. The molecule has 0 aromatic heterocycles. The van der Waals surface area contributed by atoms with E-state index in [0.29, 0.717) is 24.2 Å². The second-order valence-corrected chi connectivity index (χ2v) is 10.6. The molecule has 2 amide bonds. The molecular weight excluding hydrogens is 356 g/mol. The number of hydrogen-bond acceptors (Lipinski definition) is 3. The van der Waals surface area contributed by atoms with Crippen LogP contribution < -0.4 is 10.6 Å². The van der Waals surface area contributed by atoms with Gasteiger partial charge in [-0.3, -0.25) is 14.4 Å². The molecule has 4 saturated carbocycles. The third kappa shape index (κ3) is 4.20. The second-order valence-electron chi connectivity index (χ2n) is 10.6. The van der Waals surface area contributed by atoms with Crippen LogP contribution in [0.1, 0.15) is 72.6 Å². The van der Waals surface area contributed by atoms with Crippen molar-refractivity contribution in [1.82, 2.24) is 10.6 Å². The molecule has 4 bridgehead atoms. The third-order valence-corrected chi connectivity index (χ3v) is 7.38. The van der Waals surface area contributed by atoms with Gasteiger partial charge < -0.3 is 15.7 Å². The largest absolute Gasteiger partial charge is 0.481 e. The van der Waals surface area contributed by atoms with Gasteiger partial charge in [0.1, 0.15) is 6.04 Å². The van der Waals surface area contributed by atoms with E-state index in [2.05, 4.69) is 10.6 Å². The van der Waals surface area contributed by atoms with Gasteiger partial charge in [0.25, 0.3) is 0 Å². The predicted octanol–water partition coefficient (Wildman–Crippen LogP) is 2.96. The SMILES string of the molecule is CC(C)C(NC(=O)C12CC3CC(CC(C3)C1)C2)C(=O)NCCC(C)(C)C(=O)O. The molecule has 1 unspecified atom stereocenters. The van der Waals surface area contributed by atoms with Gasteiger partial charge in [-0.25, -0.2) is 0 Å². The number of rotatable bonds is 8. The van der Waals surface area contributed by atoms with Gasteiger partial charge >= 0.3 is 5.97 Å². The van der Waals surface area contributed by atoms with Crippen molar-refractivity contribution < 1.29 is 19.5 Å². The molecule has 6 nitrogen and oxygen atoms in total. The van der Waals surface area contributed by atoms with E-state index >= 15 is 0 Å². The van der Waals surface area contributed by atoms with Gasteiger partial charge in [-0.15, -0.1) is 0 Å². The van der Waals surface area contributed by atoms with Crippen LogP contribution in [0.3, 0.4) is 0 Å². The van der Waals surface area contributed by atoms with Crippen molar-refractivity contribution in [2.75, 3.05) is 6.54 Å². The molecule has 0 spiro atoms. The van der Waals surface area contributed by atoms with E-state index in [1.165, 1.54) is 19.3 Å². The maximum atomic E-state index is 13.3. The van der Waals surface area contributed by atoms with Crippen LogP contribution in [0.2, 0.25) is 0 Å². The molecule has 1 atom stereocenters. The molecule has 0 aliphatic heterocycles. The molecule has 0 saturated heterocycles. The Morgan fingerprint density at radius 2 is 1.54 bits per heavy atom. The number of carboxylic acid groups (broad SMARTS) is 1. The lowest BCUT2D eigenvalue weighted by Crippen LogP contribution is -2.58. The molecule has 0 aromatic carbocycles. The highest BCUT2D eigenvalue weighted by molar-refractivity contribution is 5.90. The highest BCUT2D eigenvalue weighted by Gasteiger charge is 2.55. The van der Waals surface area contributed by atoms with Crippen LogP contribution in [0.4, 0.5) is 0 Å². The molecule has 6 heteroatoms. The van der Waals surface area contributed by atoms with Gasteiger partial charge in [-0.05, 0) is 82.5 Å². The summed E-state index contributed by atoms with van der Waals surface area (Å²) in [6.07, 6.45) is 7.11. The first-order valence-corrected chi connectivity index (χ1v) is 10.8. The zero-order valence-electron chi connectivity index (χ0n) is 17.7. The average molecular weight is 393 g/mol. The lowest BCUT2D eigenvalue weighted by atomic mass is 9.49. The first-order valence-electron chi connectivity index (χ1n) is 10.8. The molecule has 4 aliphatic carbocycles. The first kappa shape index (κ1) is 21.1. The zero-order chi connectivity index (χ0) is 20.7. The first-order chi connectivity index (χ1) is 13.0. The highest BCUT2D eigenvalue weighted by atomic mass is 16.4. The van der Waals surface area contributed by atoms with Gasteiger partial charge in [0.15, 0.2) is 0 Å². The Hall–Kier alpha value is -1.59. The fourth-order valence-electron chi connectivity index (χ4n) is 5.93. The normalized spacial score (nSPS) is 32.2. The van der Waals surface area contributed by atoms with Crippen LogP contribution in [0.15, 0.2) is 0 Å². The predicted molar refractivity (Wildman–Crippen MR) is 106 cm³/mol. The quantitative estimate of drug-likeness (QED) is 0.592. The average Bonchev–Trinajstić information content (AvgIpc) is 2.57. The molecule has 4 rings (SSSR count). The monoisotopic (exact) mass is 392 g/mol. The molecule has 4 aliphatic rings. The number of carbonyl (C=O) groups is 3. The van der Waals surface area contributed by atoms with Gasteiger partial charge in [0.05, 0.1) is 5.41 Å². The summed E-state index contributed by atoms with van der Waals surface area (Å²) in [7, 11) is 0. The minimum atomic E-state index is -0.886. The third-order valence-electron chi connectivity index (χ3n) is 7.38. The van der Waals surface area contributed by atoms with Gasteiger partial charge in [-0.1, -0.05) is 13.8 Å². The van der Waals surface area contributed by atoms with E-state index in [-0.39, 0.29) is 29.7 Å². The van der Waals surface area contributed by atoms with Crippen molar-refractivity contribution in [2.24, 2.45) is 34.5 Å². The molecular formula is C22H36N2O4. The summed E-state index contributed by atoms with van der Waals surface area (Å²) in [5.41, 5.74) is -1.16. The van der Waals surface area contributed by atoms with E-state index < -0.39 is 17.4 Å². The molecule has 0 heterocycles. The highest BCUT2D eigenvalue weighted by Crippen LogP contribution is 2.60. The molecule has 158 valence electrons. The Morgan fingerprint density at radius 1 is 1.04 bits per heavy atom. The summed E-state index contributed by atoms with van der Waals surface area (Å²) < 4.78 is 0. The van der Waals surface area contributed by atoms with Crippen LogP contribution in [-0.4, -0.2) is 35.5 Å². The van der Waals surface area contributed by atoms with Crippen LogP contribution in [0.5, 0.6) is 0 Å². The summed E-state index contributed by atoms with van der Waals surface area (Å²) in [6.45, 7) is 7.46. The van der Waals surface area contributed by atoms with Crippen molar-refractivity contribution in [3.05, 3.63) is 0 Å².